The smallest absolute Gasteiger partial charge is 0.407 e. The molecule has 1 heterocycles. The van der Waals surface area contributed by atoms with E-state index in [4.69, 9.17) is 44.6 Å². The Morgan fingerprint density at radius 1 is 1.25 bits per heavy atom. The van der Waals surface area contributed by atoms with Crippen LogP contribution in [0.1, 0.15) is 0 Å². The van der Waals surface area contributed by atoms with E-state index < -0.39 is 53.7 Å². The van der Waals surface area contributed by atoms with Crippen LogP contribution in [0.5, 0.6) is 0 Å². The number of ether oxygens (including phenoxy) is 2. The fourth-order valence-corrected chi connectivity index (χ4v) is 1.74. The molecule has 2 unspecified atom stereocenters. The summed E-state index contributed by atoms with van der Waals surface area (Å²) in [7, 11) is 0. The van der Waals surface area contributed by atoms with Crippen molar-refractivity contribution in [2.24, 2.45) is 0 Å². The van der Waals surface area contributed by atoms with Crippen molar-refractivity contribution in [1.82, 2.24) is 5.32 Å². The molecule has 20 heavy (non-hydrogen) atoms. The summed E-state index contributed by atoms with van der Waals surface area (Å²) in [5.41, 5.74) is 0. The van der Waals surface area contributed by atoms with Gasteiger partial charge in [0.15, 0.2) is 6.29 Å². The van der Waals surface area contributed by atoms with Crippen LogP contribution in [-0.2, 0) is 9.47 Å². The van der Waals surface area contributed by atoms with Gasteiger partial charge in [0.2, 0.25) is 3.79 Å². The highest BCUT2D eigenvalue weighted by Crippen LogP contribution is 2.26. The normalized spacial score (nSPS) is 34.6. The van der Waals surface area contributed by atoms with E-state index in [9.17, 15) is 20.1 Å². The summed E-state index contributed by atoms with van der Waals surface area (Å²) in [5.74, 6) is 0. The topological polar surface area (TPSA) is 128 Å². The summed E-state index contributed by atoms with van der Waals surface area (Å²) in [4.78, 5) is 11.4. The number of carbonyl (C=O) groups excluding carboxylic acids is 1. The van der Waals surface area contributed by atoms with Crippen molar-refractivity contribution < 1.29 is 34.7 Å². The Morgan fingerprint density at radius 3 is 2.35 bits per heavy atom. The molecule has 0 saturated carbocycles. The minimum absolute atomic E-state index is 0.551. The lowest BCUT2D eigenvalue weighted by atomic mass is 9.97. The maximum absolute atomic E-state index is 11.4. The Hall–Kier alpha value is -0.0600. The zero-order valence-electron chi connectivity index (χ0n) is 9.95. The van der Waals surface area contributed by atoms with Crippen LogP contribution in [0.25, 0.3) is 0 Å². The summed E-state index contributed by atoms with van der Waals surface area (Å²) in [5, 5.41) is 39.9. The number of rotatable bonds is 3. The van der Waals surface area contributed by atoms with Crippen molar-refractivity contribution in [1.29, 1.82) is 0 Å². The lowest BCUT2D eigenvalue weighted by molar-refractivity contribution is -0.253. The second-order valence-electron chi connectivity index (χ2n) is 4.09. The van der Waals surface area contributed by atoms with E-state index >= 15 is 0 Å². The zero-order valence-corrected chi connectivity index (χ0v) is 12.2. The molecule has 0 aromatic carbocycles. The van der Waals surface area contributed by atoms with Gasteiger partial charge in [-0.1, -0.05) is 34.8 Å². The number of alkyl halides is 3. The Labute approximate surface area is 129 Å². The maximum atomic E-state index is 11.4. The van der Waals surface area contributed by atoms with E-state index in [0.717, 1.165) is 0 Å². The average Bonchev–Trinajstić information content (AvgIpc) is 2.35. The Balaban J connectivity index is 2.56. The van der Waals surface area contributed by atoms with E-state index in [2.05, 4.69) is 10.1 Å². The third kappa shape index (κ3) is 5.05. The zero-order chi connectivity index (χ0) is 15.5. The summed E-state index contributed by atoms with van der Waals surface area (Å²) in [6.45, 7) is -1.16. The van der Waals surface area contributed by atoms with Gasteiger partial charge in [0.25, 0.3) is 0 Å². The molecule has 1 amide bonds. The van der Waals surface area contributed by atoms with Gasteiger partial charge in [-0.25, -0.2) is 4.79 Å². The molecule has 0 aromatic rings. The molecule has 1 aliphatic heterocycles. The first-order valence-corrected chi connectivity index (χ1v) is 6.59. The second-order valence-corrected chi connectivity index (χ2v) is 6.61. The summed E-state index contributed by atoms with van der Waals surface area (Å²) in [6, 6.07) is -1.37. The molecule has 0 aromatic heterocycles. The predicted molar refractivity (Wildman–Crippen MR) is 68.5 cm³/mol. The number of alkyl carbamates (subject to hydrolysis) is 1. The standard InChI is InChI=1S/C9H14Cl3NO7/c10-9(11,12)2-19-8(18)13-4-6(16)5(15)3(1-14)20-7(4)17/h3-7,14-17H,1-2H2,(H,13,18)/t3?,4?,5-,6-,7+/m1/s1. The van der Waals surface area contributed by atoms with Crippen molar-refractivity contribution in [2.75, 3.05) is 13.2 Å². The minimum atomic E-state index is -1.81. The number of hydrogen-bond donors (Lipinski definition) is 5. The van der Waals surface area contributed by atoms with Crippen LogP contribution in [-0.4, -0.2) is 74.2 Å². The molecule has 118 valence electrons. The first kappa shape index (κ1) is 18.0. The van der Waals surface area contributed by atoms with E-state index in [0.29, 0.717) is 0 Å². The lowest BCUT2D eigenvalue weighted by Gasteiger charge is -2.40. The van der Waals surface area contributed by atoms with Crippen LogP contribution in [0.4, 0.5) is 4.79 Å². The van der Waals surface area contributed by atoms with Gasteiger partial charge >= 0.3 is 6.09 Å². The fourth-order valence-electron chi connectivity index (χ4n) is 1.58. The molecule has 1 saturated heterocycles. The SMILES string of the molecule is O=C(NC1[C@@H](O)[C@H](O)C(CO)O[C@@H]1O)OCC(Cl)(Cl)Cl. The van der Waals surface area contributed by atoms with E-state index in [1.165, 1.54) is 0 Å². The summed E-state index contributed by atoms with van der Waals surface area (Å²) >= 11 is 16.1. The largest absolute Gasteiger partial charge is 0.445 e. The number of aliphatic hydroxyl groups excluding tert-OH is 4. The third-order valence-corrected chi connectivity index (χ3v) is 2.88. The van der Waals surface area contributed by atoms with Crippen LogP contribution in [0.15, 0.2) is 0 Å². The first-order chi connectivity index (χ1) is 9.15. The van der Waals surface area contributed by atoms with Crippen molar-refractivity contribution in [3.63, 3.8) is 0 Å². The van der Waals surface area contributed by atoms with Crippen molar-refractivity contribution in [2.45, 2.75) is 34.4 Å². The highest BCUT2D eigenvalue weighted by atomic mass is 35.6. The molecular formula is C9H14Cl3NO7. The van der Waals surface area contributed by atoms with Crippen molar-refractivity contribution >= 4 is 40.9 Å². The molecule has 11 heteroatoms. The van der Waals surface area contributed by atoms with Crippen LogP contribution in [0.3, 0.4) is 0 Å². The monoisotopic (exact) mass is 353 g/mol. The second kappa shape index (κ2) is 7.28. The molecular weight excluding hydrogens is 340 g/mol. The molecule has 0 aliphatic carbocycles. The van der Waals surface area contributed by atoms with Crippen molar-refractivity contribution in [3.8, 4) is 0 Å². The van der Waals surface area contributed by atoms with Crippen LogP contribution >= 0.6 is 34.8 Å². The number of aliphatic hydroxyl groups is 4. The molecule has 1 fully saturated rings. The number of amides is 1. The summed E-state index contributed by atoms with van der Waals surface area (Å²) < 4.78 is 7.56. The quantitative estimate of drug-likeness (QED) is 0.406. The van der Waals surface area contributed by atoms with Crippen LogP contribution < -0.4 is 5.32 Å². The Morgan fingerprint density at radius 2 is 1.85 bits per heavy atom. The van der Waals surface area contributed by atoms with Crippen LogP contribution in [0.2, 0.25) is 0 Å². The predicted octanol–water partition coefficient (Wildman–Crippen LogP) is -1.12. The fraction of sp³-hybridized carbons (Fsp3) is 0.889. The van der Waals surface area contributed by atoms with Gasteiger partial charge in [0.1, 0.15) is 31.0 Å². The van der Waals surface area contributed by atoms with Crippen LogP contribution in [0, 0.1) is 0 Å². The molecule has 1 aliphatic rings. The van der Waals surface area contributed by atoms with Gasteiger partial charge in [-0.15, -0.1) is 0 Å². The van der Waals surface area contributed by atoms with Gasteiger partial charge in [-0.3, -0.25) is 0 Å². The number of carbonyl (C=O) groups is 1. The van der Waals surface area contributed by atoms with Gasteiger partial charge in [0.05, 0.1) is 6.61 Å². The number of nitrogens with one attached hydrogen (secondary N) is 1. The first-order valence-electron chi connectivity index (χ1n) is 5.46. The van der Waals surface area contributed by atoms with Gasteiger partial charge in [0, 0.05) is 0 Å². The number of hydrogen-bond acceptors (Lipinski definition) is 7. The minimum Gasteiger partial charge on any atom is -0.445 e. The molecule has 5 N–H and O–H groups in total. The molecule has 1 rings (SSSR count). The molecule has 0 spiro atoms. The lowest BCUT2D eigenvalue weighted by Crippen LogP contribution is -2.64. The number of halogens is 3. The van der Waals surface area contributed by atoms with Gasteiger partial charge in [-0.2, -0.15) is 0 Å². The van der Waals surface area contributed by atoms with E-state index in [1.807, 2.05) is 0 Å². The Kier molecular flexibility index (Phi) is 6.55. The highest BCUT2D eigenvalue weighted by molar-refractivity contribution is 6.67. The molecule has 0 radical (unpaired) electrons. The van der Waals surface area contributed by atoms with Crippen molar-refractivity contribution in [3.05, 3.63) is 0 Å². The third-order valence-electron chi connectivity index (χ3n) is 2.55. The summed E-state index contributed by atoms with van der Waals surface area (Å²) in [6.07, 6.45) is -6.98. The van der Waals surface area contributed by atoms with Gasteiger partial charge < -0.3 is 35.2 Å². The maximum Gasteiger partial charge on any atom is 0.407 e. The Bertz CT molecular complexity index is 340. The molecule has 5 atom stereocenters. The average molecular weight is 355 g/mol. The molecule has 0 bridgehead atoms. The van der Waals surface area contributed by atoms with Gasteiger partial charge in [-0.05, 0) is 0 Å². The molecule has 8 nitrogen and oxygen atoms in total. The highest BCUT2D eigenvalue weighted by Gasteiger charge is 2.44. The van der Waals surface area contributed by atoms with E-state index in [-0.39, 0.29) is 0 Å². The van der Waals surface area contributed by atoms with E-state index in [1.54, 1.807) is 0 Å².